The summed E-state index contributed by atoms with van der Waals surface area (Å²) in [5.74, 6) is -0.0783. The second kappa shape index (κ2) is 10.5. The summed E-state index contributed by atoms with van der Waals surface area (Å²) < 4.78 is 0. The normalized spacial score (nSPS) is 14.3. The molecule has 0 spiro atoms. The summed E-state index contributed by atoms with van der Waals surface area (Å²) in [5.41, 5.74) is 2.30. The maximum atomic E-state index is 12.5. The Hall–Kier alpha value is -3.02. The highest BCUT2D eigenvalue weighted by molar-refractivity contribution is 5.84. The van der Waals surface area contributed by atoms with Crippen LogP contribution in [0.25, 0.3) is 0 Å². The van der Waals surface area contributed by atoms with Crippen molar-refractivity contribution in [3.05, 3.63) is 66.2 Å². The fourth-order valence-corrected chi connectivity index (χ4v) is 3.61. The molecule has 3 rings (SSSR count). The molecule has 6 heteroatoms. The highest BCUT2D eigenvalue weighted by Gasteiger charge is 2.21. The van der Waals surface area contributed by atoms with Crippen molar-refractivity contribution in [3.8, 4) is 0 Å². The van der Waals surface area contributed by atoms with E-state index in [-0.39, 0.29) is 24.5 Å². The first kappa shape index (κ1) is 20.7. The predicted octanol–water partition coefficient (Wildman–Crippen LogP) is 3.00. The first-order chi connectivity index (χ1) is 14.2. The Morgan fingerprint density at radius 2 is 1.62 bits per heavy atom. The Bertz CT molecular complexity index is 774. The van der Waals surface area contributed by atoms with Gasteiger partial charge < -0.3 is 20.4 Å². The SMILES string of the molecule is CCN(Cc1ccccc1)C(=O)CNC(=O)NC1CCN(c2ccccc2)CC1. The summed E-state index contributed by atoms with van der Waals surface area (Å²) in [6.45, 7) is 4.94. The van der Waals surface area contributed by atoms with Gasteiger partial charge in [0.25, 0.3) is 0 Å². The second-order valence-corrected chi connectivity index (χ2v) is 7.32. The molecule has 3 amide bonds. The lowest BCUT2D eigenvalue weighted by atomic mass is 10.0. The fraction of sp³-hybridized carbons (Fsp3) is 0.391. The molecule has 0 atom stereocenters. The quantitative estimate of drug-likeness (QED) is 0.759. The van der Waals surface area contributed by atoms with E-state index in [0.717, 1.165) is 31.5 Å². The zero-order valence-electron chi connectivity index (χ0n) is 17.0. The average Bonchev–Trinajstić information content (AvgIpc) is 2.77. The topological polar surface area (TPSA) is 64.7 Å². The fourth-order valence-electron chi connectivity index (χ4n) is 3.61. The van der Waals surface area contributed by atoms with E-state index >= 15 is 0 Å². The number of carbonyl (C=O) groups excluding carboxylic acids is 2. The maximum absolute atomic E-state index is 12.5. The van der Waals surface area contributed by atoms with Gasteiger partial charge in [0.15, 0.2) is 0 Å². The van der Waals surface area contributed by atoms with E-state index in [2.05, 4.69) is 27.7 Å². The van der Waals surface area contributed by atoms with Crippen LogP contribution in [0.15, 0.2) is 60.7 Å². The average molecular weight is 395 g/mol. The van der Waals surface area contributed by atoms with Gasteiger partial charge in [0.1, 0.15) is 0 Å². The molecule has 0 aromatic heterocycles. The van der Waals surface area contributed by atoms with Crippen molar-refractivity contribution < 1.29 is 9.59 Å². The molecular weight excluding hydrogens is 364 g/mol. The second-order valence-electron chi connectivity index (χ2n) is 7.32. The lowest BCUT2D eigenvalue weighted by Gasteiger charge is -2.34. The van der Waals surface area contributed by atoms with Crippen LogP contribution in [-0.2, 0) is 11.3 Å². The Morgan fingerprint density at radius 1 is 1.00 bits per heavy atom. The number of rotatable bonds is 7. The van der Waals surface area contributed by atoms with Gasteiger partial charge in [0.2, 0.25) is 5.91 Å². The minimum absolute atomic E-state index is 0.00929. The molecule has 0 aliphatic carbocycles. The first-order valence-corrected chi connectivity index (χ1v) is 10.3. The molecule has 1 saturated heterocycles. The number of anilines is 1. The highest BCUT2D eigenvalue weighted by atomic mass is 16.2. The summed E-state index contributed by atoms with van der Waals surface area (Å²) in [7, 11) is 0. The Balaban J connectivity index is 1.39. The molecule has 0 unspecified atom stereocenters. The smallest absolute Gasteiger partial charge is 0.315 e. The number of hydrogen-bond acceptors (Lipinski definition) is 3. The molecule has 0 bridgehead atoms. The van der Waals surface area contributed by atoms with Crippen molar-refractivity contribution in [2.24, 2.45) is 0 Å². The van der Waals surface area contributed by atoms with Crippen LogP contribution in [0.5, 0.6) is 0 Å². The van der Waals surface area contributed by atoms with E-state index in [0.29, 0.717) is 13.1 Å². The third-order valence-corrected chi connectivity index (χ3v) is 5.30. The van der Waals surface area contributed by atoms with E-state index in [1.807, 2.05) is 55.5 Å². The van der Waals surface area contributed by atoms with Crippen molar-refractivity contribution >= 4 is 17.6 Å². The number of amides is 3. The minimum Gasteiger partial charge on any atom is -0.371 e. The first-order valence-electron chi connectivity index (χ1n) is 10.3. The third kappa shape index (κ3) is 6.24. The van der Waals surface area contributed by atoms with Gasteiger partial charge in [-0.2, -0.15) is 0 Å². The van der Waals surface area contributed by atoms with Gasteiger partial charge in [-0.1, -0.05) is 48.5 Å². The van der Waals surface area contributed by atoms with Crippen LogP contribution in [0.1, 0.15) is 25.3 Å². The zero-order chi connectivity index (χ0) is 20.5. The molecule has 2 N–H and O–H groups in total. The van der Waals surface area contributed by atoms with Gasteiger partial charge >= 0.3 is 6.03 Å². The van der Waals surface area contributed by atoms with Crippen molar-refractivity contribution in [2.75, 3.05) is 31.1 Å². The number of nitrogens with one attached hydrogen (secondary N) is 2. The molecule has 2 aromatic rings. The van der Waals surface area contributed by atoms with Crippen LogP contribution in [0, 0.1) is 0 Å². The van der Waals surface area contributed by atoms with E-state index in [4.69, 9.17) is 0 Å². The third-order valence-electron chi connectivity index (χ3n) is 5.30. The van der Waals surface area contributed by atoms with Crippen LogP contribution in [0.4, 0.5) is 10.5 Å². The van der Waals surface area contributed by atoms with Gasteiger partial charge in [0, 0.05) is 37.9 Å². The molecule has 0 radical (unpaired) electrons. The van der Waals surface area contributed by atoms with Gasteiger partial charge in [0.05, 0.1) is 6.54 Å². The molecule has 1 heterocycles. The van der Waals surface area contributed by atoms with Crippen LogP contribution in [0.2, 0.25) is 0 Å². The summed E-state index contributed by atoms with van der Waals surface area (Å²) in [6.07, 6.45) is 1.79. The predicted molar refractivity (Wildman–Crippen MR) is 116 cm³/mol. The van der Waals surface area contributed by atoms with E-state index in [1.165, 1.54) is 5.69 Å². The number of piperidine rings is 1. The minimum atomic E-state index is -0.271. The van der Waals surface area contributed by atoms with Crippen molar-refractivity contribution in [1.82, 2.24) is 15.5 Å². The Morgan fingerprint density at radius 3 is 2.24 bits per heavy atom. The number of carbonyl (C=O) groups is 2. The number of hydrogen-bond donors (Lipinski definition) is 2. The molecule has 1 aliphatic rings. The standard InChI is InChI=1S/C23H30N4O2/c1-2-26(18-19-9-5-3-6-10-19)22(28)17-24-23(29)25-20-13-15-27(16-14-20)21-11-7-4-8-12-21/h3-12,20H,2,13-18H2,1H3,(H2,24,25,29). The van der Waals surface area contributed by atoms with Gasteiger partial charge in [-0.05, 0) is 37.5 Å². The molecule has 6 nitrogen and oxygen atoms in total. The van der Waals surface area contributed by atoms with E-state index in [1.54, 1.807) is 4.90 Å². The molecule has 154 valence electrons. The molecule has 2 aromatic carbocycles. The lowest BCUT2D eigenvalue weighted by Crippen LogP contribution is -2.50. The lowest BCUT2D eigenvalue weighted by molar-refractivity contribution is -0.130. The Labute approximate surface area is 172 Å². The molecule has 0 saturated carbocycles. The Kier molecular flexibility index (Phi) is 7.50. The summed E-state index contributed by atoms with van der Waals surface area (Å²) in [4.78, 5) is 28.8. The number of para-hydroxylation sites is 1. The monoisotopic (exact) mass is 394 g/mol. The van der Waals surface area contributed by atoms with Crippen LogP contribution >= 0.6 is 0 Å². The molecular formula is C23H30N4O2. The van der Waals surface area contributed by atoms with Crippen LogP contribution in [0.3, 0.4) is 0 Å². The summed E-state index contributed by atoms with van der Waals surface area (Å²) in [6, 6.07) is 20.1. The summed E-state index contributed by atoms with van der Waals surface area (Å²) >= 11 is 0. The molecule has 29 heavy (non-hydrogen) atoms. The largest absolute Gasteiger partial charge is 0.371 e. The molecule has 1 aliphatic heterocycles. The summed E-state index contributed by atoms with van der Waals surface area (Å²) in [5, 5.41) is 5.72. The van der Waals surface area contributed by atoms with Gasteiger partial charge in [-0.3, -0.25) is 4.79 Å². The van der Waals surface area contributed by atoms with Gasteiger partial charge in [-0.25, -0.2) is 4.79 Å². The van der Waals surface area contributed by atoms with E-state index in [9.17, 15) is 9.59 Å². The number of nitrogens with zero attached hydrogens (tertiary/aromatic N) is 2. The van der Waals surface area contributed by atoms with Gasteiger partial charge in [-0.15, -0.1) is 0 Å². The van der Waals surface area contributed by atoms with Crippen molar-refractivity contribution in [2.45, 2.75) is 32.4 Å². The van der Waals surface area contributed by atoms with Crippen LogP contribution < -0.4 is 15.5 Å². The zero-order valence-corrected chi connectivity index (χ0v) is 17.0. The number of urea groups is 1. The van der Waals surface area contributed by atoms with Crippen molar-refractivity contribution in [3.63, 3.8) is 0 Å². The number of benzene rings is 2. The number of likely N-dealkylation sites (N-methyl/N-ethyl adjacent to an activating group) is 1. The maximum Gasteiger partial charge on any atom is 0.315 e. The highest BCUT2D eigenvalue weighted by Crippen LogP contribution is 2.19. The van der Waals surface area contributed by atoms with Crippen molar-refractivity contribution in [1.29, 1.82) is 0 Å². The van der Waals surface area contributed by atoms with Crippen LogP contribution in [-0.4, -0.2) is 49.1 Å². The molecule has 1 fully saturated rings. The van der Waals surface area contributed by atoms with E-state index < -0.39 is 0 Å².